The van der Waals surface area contributed by atoms with E-state index >= 15 is 0 Å². The fourth-order valence-electron chi connectivity index (χ4n) is 3.17. The largest absolute Gasteiger partial charge is 0.465 e. The van der Waals surface area contributed by atoms with Gasteiger partial charge in [-0.15, -0.1) is 0 Å². The van der Waals surface area contributed by atoms with Gasteiger partial charge in [0.25, 0.3) is 0 Å². The highest BCUT2D eigenvalue weighted by atomic mass is 16.5. The predicted molar refractivity (Wildman–Crippen MR) is 76.6 cm³/mol. The van der Waals surface area contributed by atoms with E-state index in [1.807, 2.05) is 0 Å². The third-order valence-electron chi connectivity index (χ3n) is 4.29. The number of aromatic nitrogens is 1. The Hall–Kier alpha value is -1.82. The quantitative estimate of drug-likeness (QED) is 0.800. The summed E-state index contributed by atoms with van der Waals surface area (Å²) in [6.07, 6.45) is 3.98. The number of hydrogen-bond donors (Lipinski definition) is 2. The smallest absolute Gasteiger partial charge is 0.341 e. The number of nitrogens with one attached hydrogen (secondary N) is 1. The number of anilines is 2. The Balaban J connectivity index is 1.82. The minimum Gasteiger partial charge on any atom is -0.465 e. The standard InChI is InChI=1S/C14H20N4O2/c1-20-14(19)11-6-10(15)7-16-13(11)17-12-8-18-4-2-9(12)3-5-18/h6-7,9,12H,2-5,8,15H2,1H3,(H,16,17). The number of methoxy groups -OCH3 is 1. The van der Waals surface area contributed by atoms with Crippen LogP contribution in [0.3, 0.4) is 0 Å². The molecule has 0 saturated carbocycles. The number of pyridine rings is 1. The van der Waals surface area contributed by atoms with Crippen molar-refractivity contribution in [3.05, 3.63) is 17.8 Å². The fraction of sp³-hybridized carbons (Fsp3) is 0.571. The lowest BCUT2D eigenvalue weighted by molar-refractivity contribution is 0.0600. The number of piperidine rings is 3. The highest BCUT2D eigenvalue weighted by molar-refractivity contribution is 5.95. The maximum absolute atomic E-state index is 11.8. The molecule has 3 aliphatic heterocycles. The van der Waals surface area contributed by atoms with Gasteiger partial charge in [0.2, 0.25) is 0 Å². The van der Waals surface area contributed by atoms with E-state index in [-0.39, 0.29) is 0 Å². The van der Waals surface area contributed by atoms with Gasteiger partial charge in [0.1, 0.15) is 11.4 Å². The summed E-state index contributed by atoms with van der Waals surface area (Å²) in [6.45, 7) is 3.38. The van der Waals surface area contributed by atoms with E-state index in [1.54, 1.807) is 12.3 Å². The van der Waals surface area contributed by atoms with Crippen molar-refractivity contribution in [3.8, 4) is 0 Å². The number of nitrogen functional groups attached to an aromatic ring is 1. The SMILES string of the molecule is COC(=O)c1cc(N)cnc1NC1CN2CCC1CC2. The number of carbonyl (C=O) groups is 1. The van der Waals surface area contributed by atoms with Gasteiger partial charge in [-0.3, -0.25) is 0 Å². The molecule has 0 spiro atoms. The van der Waals surface area contributed by atoms with Crippen molar-refractivity contribution in [2.45, 2.75) is 18.9 Å². The molecular weight excluding hydrogens is 256 g/mol. The molecule has 3 N–H and O–H groups in total. The molecule has 1 unspecified atom stereocenters. The lowest BCUT2D eigenvalue weighted by Crippen LogP contribution is -2.53. The fourth-order valence-corrected chi connectivity index (χ4v) is 3.17. The average molecular weight is 276 g/mol. The van der Waals surface area contributed by atoms with Crippen LogP contribution >= 0.6 is 0 Å². The average Bonchev–Trinajstić information content (AvgIpc) is 2.49. The summed E-state index contributed by atoms with van der Waals surface area (Å²) in [5, 5.41) is 3.41. The molecule has 4 heterocycles. The van der Waals surface area contributed by atoms with Gasteiger partial charge in [-0.05, 0) is 37.9 Å². The van der Waals surface area contributed by atoms with Gasteiger partial charge >= 0.3 is 5.97 Å². The lowest BCUT2D eigenvalue weighted by atomic mass is 9.84. The highest BCUT2D eigenvalue weighted by Gasteiger charge is 2.34. The van der Waals surface area contributed by atoms with Crippen molar-refractivity contribution >= 4 is 17.5 Å². The molecule has 4 rings (SSSR count). The van der Waals surface area contributed by atoms with Crippen LogP contribution in [0.4, 0.5) is 11.5 Å². The molecule has 3 fully saturated rings. The predicted octanol–water partition coefficient (Wildman–Crippen LogP) is 0.956. The molecular formula is C14H20N4O2. The van der Waals surface area contributed by atoms with Gasteiger partial charge in [-0.25, -0.2) is 9.78 Å². The molecule has 0 aromatic carbocycles. The zero-order valence-electron chi connectivity index (χ0n) is 11.6. The maximum atomic E-state index is 11.8. The maximum Gasteiger partial charge on any atom is 0.341 e. The van der Waals surface area contributed by atoms with Crippen molar-refractivity contribution in [2.24, 2.45) is 5.92 Å². The van der Waals surface area contributed by atoms with Gasteiger partial charge in [0, 0.05) is 12.6 Å². The number of ether oxygens (including phenoxy) is 1. The molecule has 6 heteroatoms. The summed E-state index contributed by atoms with van der Waals surface area (Å²) in [7, 11) is 1.36. The normalized spacial score (nSPS) is 28.1. The molecule has 2 bridgehead atoms. The second kappa shape index (κ2) is 5.28. The van der Waals surface area contributed by atoms with E-state index in [9.17, 15) is 4.79 Å². The Labute approximate surface area is 118 Å². The minimum atomic E-state index is -0.409. The number of fused-ring (bicyclic) bond motifs is 3. The molecule has 0 radical (unpaired) electrons. The van der Waals surface area contributed by atoms with Crippen LogP contribution in [0.1, 0.15) is 23.2 Å². The van der Waals surface area contributed by atoms with Crippen molar-refractivity contribution < 1.29 is 9.53 Å². The molecule has 0 amide bonds. The van der Waals surface area contributed by atoms with E-state index in [2.05, 4.69) is 15.2 Å². The summed E-state index contributed by atoms with van der Waals surface area (Å²) < 4.78 is 4.80. The number of hydrogen-bond acceptors (Lipinski definition) is 6. The first kappa shape index (κ1) is 13.2. The Morgan fingerprint density at radius 3 is 2.85 bits per heavy atom. The highest BCUT2D eigenvalue weighted by Crippen LogP contribution is 2.30. The van der Waals surface area contributed by atoms with Gasteiger partial charge in [-0.2, -0.15) is 0 Å². The number of nitrogens with two attached hydrogens (primary N) is 1. The van der Waals surface area contributed by atoms with Crippen LogP contribution in [0.15, 0.2) is 12.3 Å². The van der Waals surface area contributed by atoms with Gasteiger partial charge in [-0.1, -0.05) is 0 Å². The summed E-state index contributed by atoms with van der Waals surface area (Å²) >= 11 is 0. The molecule has 1 aromatic rings. The summed E-state index contributed by atoms with van der Waals surface area (Å²) in [5.74, 6) is 0.822. The summed E-state index contributed by atoms with van der Waals surface area (Å²) in [4.78, 5) is 18.5. The molecule has 0 aliphatic carbocycles. The topological polar surface area (TPSA) is 80.5 Å². The van der Waals surface area contributed by atoms with Crippen LogP contribution < -0.4 is 11.1 Å². The second-order valence-electron chi connectivity index (χ2n) is 5.55. The molecule has 108 valence electrons. The van der Waals surface area contributed by atoms with Crippen LogP contribution in [-0.4, -0.2) is 48.6 Å². The zero-order chi connectivity index (χ0) is 14.1. The monoisotopic (exact) mass is 276 g/mol. The van der Waals surface area contributed by atoms with E-state index < -0.39 is 5.97 Å². The Kier molecular flexibility index (Phi) is 3.48. The number of carbonyl (C=O) groups excluding carboxylic acids is 1. The second-order valence-corrected chi connectivity index (χ2v) is 5.55. The third kappa shape index (κ3) is 2.43. The first-order chi connectivity index (χ1) is 9.67. The van der Waals surface area contributed by atoms with Gasteiger partial charge < -0.3 is 20.7 Å². The van der Waals surface area contributed by atoms with Crippen LogP contribution in [-0.2, 0) is 4.74 Å². The van der Waals surface area contributed by atoms with E-state index in [0.29, 0.717) is 29.0 Å². The van der Waals surface area contributed by atoms with Crippen LogP contribution in [0.2, 0.25) is 0 Å². The molecule has 6 nitrogen and oxygen atoms in total. The number of esters is 1. The minimum absolute atomic E-state index is 0.344. The number of rotatable bonds is 3. The summed E-state index contributed by atoms with van der Waals surface area (Å²) in [5.41, 5.74) is 6.58. The Morgan fingerprint density at radius 1 is 1.50 bits per heavy atom. The molecule has 3 saturated heterocycles. The number of nitrogens with zero attached hydrogens (tertiary/aromatic N) is 2. The van der Waals surface area contributed by atoms with Crippen molar-refractivity contribution in [2.75, 3.05) is 37.8 Å². The Bertz CT molecular complexity index is 512. The summed E-state index contributed by atoms with van der Waals surface area (Å²) in [6, 6.07) is 1.96. The zero-order valence-corrected chi connectivity index (χ0v) is 11.6. The van der Waals surface area contributed by atoms with Gasteiger partial charge in [0.15, 0.2) is 0 Å². The van der Waals surface area contributed by atoms with E-state index in [0.717, 1.165) is 6.54 Å². The van der Waals surface area contributed by atoms with Crippen LogP contribution in [0.5, 0.6) is 0 Å². The van der Waals surface area contributed by atoms with Crippen molar-refractivity contribution in [1.29, 1.82) is 0 Å². The first-order valence-corrected chi connectivity index (χ1v) is 7.00. The van der Waals surface area contributed by atoms with E-state index in [4.69, 9.17) is 10.5 Å². The molecule has 1 aromatic heterocycles. The van der Waals surface area contributed by atoms with Gasteiger partial charge in [0.05, 0.1) is 19.0 Å². The molecule has 20 heavy (non-hydrogen) atoms. The lowest BCUT2D eigenvalue weighted by Gasteiger charge is -2.45. The third-order valence-corrected chi connectivity index (χ3v) is 4.29. The molecule has 1 atom stereocenters. The van der Waals surface area contributed by atoms with Crippen molar-refractivity contribution in [1.82, 2.24) is 9.88 Å². The van der Waals surface area contributed by atoms with Crippen molar-refractivity contribution in [3.63, 3.8) is 0 Å². The van der Waals surface area contributed by atoms with Crippen LogP contribution in [0, 0.1) is 5.92 Å². The first-order valence-electron chi connectivity index (χ1n) is 7.00. The van der Waals surface area contributed by atoms with Crippen LogP contribution in [0.25, 0.3) is 0 Å². The van der Waals surface area contributed by atoms with E-state index in [1.165, 1.54) is 33.0 Å². The Morgan fingerprint density at radius 2 is 2.25 bits per heavy atom. The molecule has 3 aliphatic rings.